The van der Waals surface area contributed by atoms with E-state index in [0.717, 1.165) is 5.56 Å². The molecule has 0 aromatic heterocycles. The lowest BCUT2D eigenvalue weighted by atomic mass is 10.1. The molecule has 102 valence electrons. The van der Waals surface area contributed by atoms with E-state index in [4.69, 9.17) is 5.11 Å². The number of aliphatic carboxylic acids is 1. The lowest BCUT2D eigenvalue weighted by Gasteiger charge is -2.05. The van der Waals surface area contributed by atoms with Gasteiger partial charge in [-0.25, -0.2) is 0 Å². The number of carbonyl (C=O) groups excluding carboxylic acids is 1. The summed E-state index contributed by atoms with van der Waals surface area (Å²) in [5.74, 6) is -1.50. The third-order valence-corrected chi connectivity index (χ3v) is 2.80. The predicted molar refractivity (Wildman–Crippen MR) is 74.6 cm³/mol. The zero-order valence-electron chi connectivity index (χ0n) is 11.2. The summed E-state index contributed by atoms with van der Waals surface area (Å²) in [6.45, 7) is 3.99. The molecular weight excluding hydrogens is 242 g/mol. The lowest BCUT2D eigenvalue weighted by molar-refractivity contribution is -0.141. The summed E-state index contributed by atoms with van der Waals surface area (Å²) >= 11 is 0. The molecule has 0 fully saturated rings. The molecule has 1 rings (SSSR count). The minimum absolute atomic E-state index is 0.210. The number of hydrogen-bond acceptors (Lipinski definition) is 2. The maximum absolute atomic E-state index is 11.5. The van der Waals surface area contributed by atoms with Gasteiger partial charge in [-0.3, -0.25) is 9.59 Å². The van der Waals surface area contributed by atoms with Gasteiger partial charge >= 0.3 is 5.97 Å². The second kappa shape index (κ2) is 7.36. The topological polar surface area (TPSA) is 66.4 Å². The van der Waals surface area contributed by atoms with Crippen molar-refractivity contribution in [3.8, 4) is 0 Å². The fourth-order valence-electron chi connectivity index (χ4n) is 1.44. The van der Waals surface area contributed by atoms with E-state index in [0.29, 0.717) is 13.0 Å². The highest BCUT2D eigenvalue weighted by atomic mass is 16.4. The van der Waals surface area contributed by atoms with Crippen LogP contribution >= 0.6 is 0 Å². The SMILES string of the molecule is Cc1ccc(/C=C/C(=O)NCCC(C)C(=O)O)cc1. The van der Waals surface area contributed by atoms with E-state index in [1.165, 1.54) is 11.6 Å². The Morgan fingerprint density at radius 1 is 1.32 bits per heavy atom. The van der Waals surface area contributed by atoms with Crippen LogP contribution < -0.4 is 5.32 Å². The number of hydrogen-bond donors (Lipinski definition) is 2. The Hall–Kier alpha value is -2.10. The minimum atomic E-state index is -0.843. The largest absolute Gasteiger partial charge is 0.481 e. The fourth-order valence-corrected chi connectivity index (χ4v) is 1.44. The Morgan fingerprint density at radius 3 is 2.53 bits per heavy atom. The van der Waals surface area contributed by atoms with Crippen LogP contribution in [0.25, 0.3) is 6.08 Å². The second-order valence-corrected chi connectivity index (χ2v) is 4.56. The van der Waals surface area contributed by atoms with Gasteiger partial charge in [0.2, 0.25) is 5.91 Å². The van der Waals surface area contributed by atoms with Crippen LogP contribution in [0, 0.1) is 12.8 Å². The monoisotopic (exact) mass is 261 g/mol. The summed E-state index contributed by atoms with van der Waals surface area (Å²) in [5, 5.41) is 11.4. The molecule has 0 spiro atoms. The first-order chi connectivity index (χ1) is 8.99. The Balaban J connectivity index is 2.35. The molecule has 0 radical (unpaired) electrons. The van der Waals surface area contributed by atoms with Crippen LogP contribution in [0.15, 0.2) is 30.3 Å². The van der Waals surface area contributed by atoms with E-state index in [1.54, 1.807) is 13.0 Å². The molecule has 1 amide bonds. The van der Waals surface area contributed by atoms with Crippen LogP contribution in [0.3, 0.4) is 0 Å². The highest BCUT2D eigenvalue weighted by Gasteiger charge is 2.09. The van der Waals surface area contributed by atoms with Crippen LogP contribution in [-0.4, -0.2) is 23.5 Å². The van der Waals surface area contributed by atoms with Crippen molar-refractivity contribution in [2.45, 2.75) is 20.3 Å². The molecule has 0 aliphatic heterocycles. The maximum atomic E-state index is 11.5. The number of rotatable bonds is 6. The molecular formula is C15H19NO3. The molecule has 0 saturated heterocycles. The number of benzene rings is 1. The van der Waals surface area contributed by atoms with Crippen molar-refractivity contribution in [3.63, 3.8) is 0 Å². The van der Waals surface area contributed by atoms with Crippen molar-refractivity contribution in [1.29, 1.82) is 0 Å². The number of carbonyl (C=O) groups is 2. The first-order valence-electron chi connectivity index (χ1n) is 6.24. The number of carboxylic acid groups (broad SMARTS) is 1. The Bertz CT molecular complexity index is 463. The van der Waals surface area contributed by atoms with Crippen molar-refractivity contribution >= 4 is 18.0 Å². The summed E-state index contributed by atoms with van der Waals surface area (Å²) in [4.78, 5) is 22.1. The van der Waals surface area contributed by atoms with E-state index >= 15 is 0 Å². The predicted octanol–water partition coefficient (Wildman–Crippen LogP) is 2.24. The van der Waals surface area contributed by atoms with E-state index in [9.17, 15) is 9.59 Å². The molecule has 0 aliphatic rings. The zero-order chi connectivity index (χ0) is 14.3. The summed E-state index contributed by atoms with van der Waals surface area (Å²) in [7, 11) is 0. The molecule has 0 heterocycles. The van der Waals surface area contributed by atoms with Crippen molar-refractivity contribution in [1.82, 2.24) is 5.32 Å². The van der Waals surface area contributed by atoms with Gasteiger partial charge in [-0.1, -0.05) is 36.8 Å². The average Bonchev–Trinajstić information content (AvgIpc) is 2.37. The average molecular weight is 261 g/mol. The molecule has 0 saturated carbocycles. The summed E-state index contributed by atoms with van der Waals surface area (Å²) < 4.78 is 0. The molecule has 1 atom stereocenters. The fraction of sp³-hybridized carbons (Fsp3) is 0.333. The zero-order valence-corrected chi connectivity index (χ0v) is 11.2. The minimum Gasteiger partial charge on any atom is -0.481 e. The van der Waals surface area contributed by atoms with E-state index in [1.807, 2.05) is 31.2 Å². The number of aryl methyl sites for hydroxylation is 1. The normalized spacial score (nSPS) is 12.3. The molecule has 0 aliphatic carbocycles. The van der Waals surface area contributed by atoms with E-state index < -0.39 is 11.9 Å². The molecule has 2 N–H and O–H groups in total. The summed E-state index contributed by atoms with van der Waals surface area (Å²) in [5.41, 5.74) is 2.13. The second-order valence-electron chi connectivity index (χ2n) is 4.56. The molecule has 19 heavy (non-hydrogen) atoms. The van der Waals surface area contributed by atoms with Crippen molar-refractivity contribution < 1.29 is 14.7 Å². The van der Waals surface area contributed by atoms with Crippen molar-refractivity contribution in [3.05, 3.63) is 41.5 Å². The van der Waals surface area contributed by atoms with Crippen LogP contribution in [0.2, 0.25) is 0 Å². The quantitative estimate of drug-likeness (QED) is 0.772. The maximum Gasteiger partial charge on any atom is 0.306 e. The van der Waals surface area contributed by atoms with Crippen LogP contribution in [-0.2, 0) is 9.59 Å². The molecule has 1 unspecified atom stereocenters. The van der Waals surface area contributed by atoms with Crippen LogP contribution in [0.4, 0.5) is 0 Å². The van der Waals surface area contributed by atoms with Crippen molar-refractivity contribution in [2.24, 2.45) is 5.92 Å². The number of carboxylic acids is 1. The Labute approximate surface area is 113 Å². The van der Waals surface area contributed by atoms with Gasteiger partial charge < -0.3 is 10.4 Å². The highest BCUT2D eigenvalue weighted by Crippen LogP contribution is 2.04. The van der Waals surface area contributed by atoms with E-state index in [-0.39, 0.29) is 5.91 Å². The standard InChI is InChI=1S/C15H19NO3/c1-11-3-5-13(6-4-11)7-8-14(17)16-10-9-12(2)15(18)19/h3-8,12H,9-10H2,1-2H3,(H,16,17)(H,18,19)/b8-7+. The van der Waals surface area contributed by atoms with Gasteiger partial charge in [0.1, 0.15) is 0 Å². The van der Waals surface area contributed by atoms with Crippen LogP contribution in [0.1, 0.15) is 24.5 Å². The van der Waals surface area contributed by atoms with Gasteiger partial charge in [-0.05, 0) is 25.0 Å². The van der Waals surface area contributed by atoms with Gasteiger partial charge in [0, 0.05) is 12.6 Å². The van der Waals surface area contributed by atoms with Crippen molar-refractivity contribution in [2.75, 3.05) is 6.54 Å². The third kappa shape index (κ3) is 5.86. The van der Waals surface area contributed by atoms with E-state index in [2.05, 4.69) is 5.32 Å². The Morgan fingerprint density at radius 2 is 1.95 bits per heavy atom. The molecule has 0 bridgehead atoms. The van der Waals surface area contributed by atoms with Gasteiger partial charge in [0.05, 0.1) is 5.92 Å². The number of nitrogens with one attached hydrogen (secondary N) is 1. The molecule has 4 nitrogen and oxygen atoms in total. The highest BCUT2D eigenvalue weighted by molar-refractivity contribution is 5.91. The van der Waals surface area contributed by atoms with Gasteiger partial charge in [-0.2, -0.15) is 0 Å². The molecule has 1 aromatic carbocycles. The number of amides is 1. The Kier molecular flexibility index (Phi) is 5.79. The first-order valence-corrected chi connectivity index (χ1v) is 6.24. The smallest absolute Gasteiger partial charge is 0.306 e. The summed E-state index contributed by atoms with van der Waals surface area (Å²) in [6.07, 6.45) is 3.62. The molecule has 4 heteroatoms. The van der Waals surface area contributed by atoms with Crippen LogP contribution in [0.5, 0.6) is 0 Å². The van der Waals surface area contributed by atoms with Gasteiger partial charge in [0.25, 0.3) is 0 Å². The lowest BCUT2D eigenvalue weighted by Crippen LogP contribution is -2.25. The third-order valence-electron chi connectivity index (χ3n) is 2.80. The summed E-state index contributed by atoms with van der Waals surface area (Å²) in [6, 6.07) is 7.83. The first kappa shape index (κ1) is 15.0. The van der Waals surface area contributed by atoms with Gasteiger partial charge in [0.15, 0.2) is 0 Å². The molecule has 1 aromatic rings. The van der Waals surface area contributed by atoms with Gasteiger partial charge in [-0.15, -0.1) is 0 Å².